The number of carbonyl (C=O) groups is 1. The summed E-state index contributed by atoms with van der Waals surface area (Å²) >= 11 is 5.89. The Labute approximate surface area is 199 Å². The van der Waals surface area contributed by atoms with E-state index in [0.29, 0.717) is 24.1 Å². The lowest BCUT2D eigenvalue weighted by Gasteiger charge is -2.19. The number of nitrogens with one attached hydrogen (secondary N) is 2. The first-order valence-corrected chi connectivity index (χ1v) is 10.5. The molecule has 16 heteroatoms. The van der Waals surface area contributed by atoms with Crippen LogP contribution in [-0.2, 0) is 13.2 Å². The molecule has 2 N–H and O–H groups in total. The number of halogens is 6. The molecule has 0 aliphatic rings. The molecule has 0 aromatic carbocycles. The third kappa shape index (κ3) is 5.28. The zero-order chi connectivity index (χ0) is 26.1. The largest absolute Gasteiger partial charge is 0.464 e. The summed E-state index contributed by atoms with van der Waals surface area (Å²) in [6.07, 6.45) is -6.91. The van der Waals surface area contributed by atoms with E-state index in [9.17, 15) is 27.2 Å². The normalized spacial score (nSPS) is 12.6. The predicted molar refractivity (Wildman–Crippen MR) is 113 cm³/mol. The highest BCUT2D eigenvalue weighted by atomic mass is 35.5. The van der Waals surface area contributed by atoms with Crippen LogP contribution in [0.4, 0.5) is 27.6 Å². The highest BCUT2D eigenvalue weighted by Crippen LogP contribution is 2.29. The van der Waals surface area contributed by atoms with E-state index in [2.05, 4.69) is 25.6 Å². The van der Waals surface area contributed by atoms with Gasteiger partial charge in [0.25, 0.3) is 5.91 Å². The minimum atomic E-state index is -4.87. The average Bonchev–Trinajstić information content (AvgIpc) is 3.27. The number of carbonyl (C=O) groups excluding carboxylic acids is 1. The van der Waals surface area contributed by atoms with Crippen molar-refractivity contribution < 1.29 is 31.5 Å². The van der Waals surface area contributed by atoms with E-state index in [-0.39, 0.29) is 28.9 Å². The van der Waals surface area contributed by atoms with Gasteiger partial charge in [-0.2, -0.15) is 27.9 Å². The maximum Gasteiger partial charge on any atom is 0.425 e. The number of alkyl halides is 4. The molecule has 0 fully saturated rings. The Hall–Kier alpha value is -3.49. The molecule has 0 aliphatic carbocycles. The fourth-order valence-corrected chi connectivity index (χ4v) is 3.18. The van der Waals surface area contributed by atoms with Gasteiger partial charge >= 0.3 is 11.9 Å². The molecule has 1 atom stereocenters. The highest BCUT2D eigenvalue weighted by molar-refractivity contribution is 6.33. The molecule has 0 saturated heterocycles. The molecule has 3 aromatic rings. The third-order valence-electron chi connectivity index (χ3n) is 4.76. The Morgan fingerprint density at radius 2 is 2.06 bits per heavy atom. The predicted octanol–water partition coefficient (Wildman–Crippen LogP) is 3.71. The van der Waals surface area contributed by atoms with Crippen molar-refractivity contribution in [1.29, 1.82) is 0 Å². The Kier molecular flexibility index (Phi) is 7.47. The van der Waals surface area contributed by atoms with Crippen molar-refractivity contribution in [2.45, 2.75) is 52.7 Å². The van der Waals surface area contributed by atoms with Crippen LogP contribution in [0.5, 0.6) is 5.88 Å². The standard InChI is InChI=1S/C19H19ClF5N7O3/c1-4-5-31-12(7-21)30-32(18(31)34)15-11(22)6-10(17(27-15)35-9(3)19(23,24)25)16(33)26-13-8(2)28-29-14(13)20/h6,9H,4-5,7H2,1-3H3,(H,26,33)(H,28,29). The number of anilines is 1. The zero-order valence-corrected chi connectivity index (χ0v) is 19.3. The number of H-pyrrole nitrogens is 1. The monoisotopic (exact) mass is 523 g/mol. The van der Waals surface area contributed by atoms with Crippen LogP contribution in [0.25, 0.3) is 5.82 Å². The van der Waals surface area contributed by atoms with Crippen molar-refractivity contribution in [2.75, 3.05) is 5.32 Å². The van der Waals surface area contributed by atoms with Gasteiger partial charge in [0.2, 0.25) is 5.88 Å². The quantitative estimate of drug-likeness (QED) is 0.434. The summed E-state index contributed by atoms with van der Waals surface area (Å²) in [5.41, 5.74) is -1.46. The van der Waals surface area contributed by atoms with Crippen molar-refractivity contribution in [2.24, 2.45) is 0 Å². The molecule has 1 amide bonds. The van der Waals surface area contributed by atoms with Crippen molar-refractivity contribution in [3.8, 4) is 11.7 Å². The minimum Gasteiger partial charge on any atom is -0.464 e. The van der Waals surface area contributed by atoms with Crippen molar-refractivity contribution in [3.63, 3.8) is 0 Å². The van der Waals surface area contributed by atoms with E-state index in [1.54, 1.807) is 6.92 Å². The van der Waals surface area contributed by atoms with Gasteiger partial charge in [-0.15, -0.1) is 5.10 Å². The van der Waals surface area contributed by atoms with Crippen LogP contribution in [0.2, 0.25) is 5.15 Å². The molecule has 1 unspecified atom stereocenters. The maximum absolute atomic E-state index is 15.0. The molecule has 3 heterocycles. The van der Waals surface area contributed by atoms with Crippen LogP contribution in [0.15, 0.2) is 10.9 Å². The second-order valence-electron chi connectivity index (χ2n) is 7.30. The second kappa shape index (κ2) is 10.0. The molecule has 0 spiro atoms. The molecule has 0 radical (unpaired) electrons. The molecular formula is C19H19ClF5N7O3. The van der Waals surface area contributed by atoms with Crippen LogP contribution in [-0.4, -0.2) is 47.7 Å². The van der Waals surface area contributed by atoms with E-state index in [0.717, 1.165) is 4.57 Å². The minimum absolute atomic E-state index is 0.00177. The highest BCUT2D eigenvalue weighted by Gasteiger charge is 2.39. The summed E-state index contributed by atoms with van der Waals surface area (Å²) in [6.45, 7) is 2.72. The first-order valence-electron chi connectivity index (χ1n) is 10.1. The molecule has 0 saturated carbocycles. The summed E-state index contributed by atoms with van der Waals surface area (Å²) in [5, 5.41) is 12.0. The lowest BCUT2D eigenvalue weighted by atomic mass is 10.2. The van der Waals surface area contributed by atoms with Crippen LogP contribution < -0.4 is 15.7 Å². The van der Waals surface area contributed by atoms with Gasteiger partial charge in [0, 0.05) is 6.54 Å². The van der Waals surface area contributed by atoms with Gasteiger partial charge in [0.15, 0.2) is 23.6 Å². The van der Waals surface area contributed by atoms with Gasteiger partial charge in [0.05, 0.1) is 5.69 Å². The summed E-state index contributed by atoms with van der Waals surface area (Å²) in [6, 6.07) is 0.528. The Bertz CT molecular complexity index is 1280. The van der Waals surface area contributed by atoms with Crippen LogP contribution in [0, 0.1) is 12.7 Å². The number of aromatic nitrogens is 6. The summed E-state index contributed by atoms with van der Waals surface area (Å²) in [7, 11) is 0. The van der Waals surface area contributed by atoms with Crippen LogP contribution in [0.1, 0.15) is 42.1 Å². The summed E-state index contributed by atoms with van der Waals surface area (Å²) < 4.78 is 74.0. The van der Waals surface area contributed by atoms with Gasteiger partial charge in [-0.3, -0.25) is 14.5 Å². The number of pyridine rings is 1. The van der Waals surface area contributed by atoms with Gasteiger partial charge in [-0.25, -0.2) is 13.6 Å². The molecular weight excluding hydrogens is 505 g/mol. The fourth-order valence-electron chi connectivity index (χ4n) is 2.95. The van der Waals surface area contributed by atoms with Gasteiger partial charge in [0.1, 0.15) is 23.1 Å². The number of ether oxygens (including phenoxy) is 1. The van der Waals surface area contributed by atoms with Crippen molar-refractivity contribution in [3.05, 3.63) is 44.6 Å². The first-order chi connectivity index (χ1) is 16.4. The Morgan fingerprint density at radius 1 is 1.37 bits per heavy atom. The van der Waals surface area contributed by atoms with Gasteiger partial charge in [-0.1, -0.05) is 18.5 Å². The van der Waals surface area contributed by atoms with Crippen LogP contribution >= 0.6 is 11.6 Å². The molecule has 3 rings (SSSR count). The lowest BCUT2D eigenvalue weighted by Crippen LogP contribution is -2.33. The maximum atomic E-state index is 15.0. The Morgan fingerprint density at radius 3 is 2.60 bits per heavy atom. The third-order valence-corrected chi connectivity index (χ3v) is 5.04. The lowest BCUT2D eigenvalue weighted by molar-refractivity contribution is -0.190. The summed E-state index contributed by atoms with van der Waals surface area (Å²) in [5.74, 6) is -4.58. The SMILES string of the molecule is CCCn1c(CF)nn(-c2nc(OC(C)C(F)(F)F)c(C(=O)Nc3c(C)n[nH]c3Cl)cc2F)c1=O. The number of aryl methyl sites for hydroxylation is 1. The molecule has 0 aliphatic heterocycles. The Balaban J connectivity index is 2.15. The molecule has 0 bridgehead atoms. The number of nitrogens with zero attached hydrogens (tertiary/aromatic N) is 5. The number of aromatic amines is 1. The molecule has 190 valence electrons. The number of rotatable bonds is 8. The van der Waals surface area contributed by atoms with Gasteiger partial charge < -0.3 is 10.1 Å². The molecule has 35 heavy (non-hydrogen) atoms. The smallest absolute Gasteiger partial charge is 0.425 e. The van der Waals surface area contributed by atoms with E-state index >= 15 is 4.39 Å². The van der Waals surface area contributed by atoms with E-state index in [1.807, 2.05) is 0 Å². The fraction of sp³-hybridized carbons (Fsp3) is 0.421. The summed E-state index contributed by atoms with van der Waals surface area (Å²) in [4.78, 5) is 29.1. The molecule has 10 nitrogen and oxygen atoms in total. The zero-order valence-electron chi connectivity index (χ0n) is 18.5. The number of amides is 1. The topological polar surface area (TPSA) is 120 Å². The van der Waals surface area contributed by atoms with Crippen molar-refractivity contribution >= 4 is 23.2 Å². The first kappa shape index (κ1) is 26.1. The average molecular weight is 524 g/mol. The van der Waals surface area contributed by atoms with E-state index in [4.69, 9.17) is 16.3 Å². The molecule has 3 aromatic heterocycles. The van der Waals surface area contributed by atoms with E-state index in [1.165, 1.54) is 6.92 Å². The number of hydrogen-bond acceptors (Lipinski definition) is 6. The number of hydrogen-bond donors (Lipinski definition) is 2. The van der Waals surface area contributed by atoms with Crippen LogP contribution in [0.3, 0.4) is 0 Å². The van der Waals surface area contributed by atoms with Crippen molar-refractivity contribution in [1.82, 2.24) is 29.5 Å². The van der Waals surface area contributed by atoms with E-state index < -0.39 is 53.6 Å². The van der Waals surface area contributed by atoms with Gasteiger partial charge in [-0.05, 0) is 26.3 Å². The second-order valence-corrected chi connectivity index (χ2v) is 7.67.